The van der Waals surface area contributed by atoms with Crippen LogP contribution < -0.4 is 0 Å². The van der Waals surface area contributed by atoms with Gasteiger partial charge in [0.05, 0.1) is 0 Å². The zero-order valence-corrected chi connectivity index (χ0v) is 28.8. The Hall–Kier alpha value is -0.880. The van der Waals surface area contributed by atoms with Crippen LogP contribution in [0, 0.1) is 46.3 Å². The van der Waals surface area contributed by atoms with Crippen molar-refractivity contribution < 1.29 is 19.1 Å². The van der Waals surface area contributed by atoms with Crippen molar-refractivity contribution in [1.29, 1.82) is 0 Å². The molecule has 4 nitrogen and oxygen atoms in total. The molecule has 0 saturated heterocycles. The molecule has 0 heterocycles. The van der Waals surface area contributed by atoms with Gasteiger partial charge >= 0.3 is 11.9 Å². The van der Waals surface area contributed by atoms with Gasteiger partial charge in [-0.3, -0.25) is 4.79 Å². The second-order valence-corrected chi connectivity index (χ2v) is 17.5. The maximum Gasteiger partial charge on any atom is 0.330 e. The standard InChI is InChI=1S/C36H58O4S2/c1-7-33(37)39-21-23-42-41-22-9-12-34(38)40-28-17-19-35(5)27(24-28)13-14-29-31-16-15-30(26(4)11-8-10-25(2)3)36(31,6)20-18-32(29)35/h7,13,25-26,28-32H,1,8-12,14-24H2,2-6H3/t26-,28+,29?,30?,31?,32?,35+,36-/m1/s1. The first-order valence-electron chi connectivity index (χ1n) is 17.0. The number of hydrogen-bond donors (Lipinski definition) is 0. The van der Waals surface area contributed by atoms with Crippen molar-refractivity contribution in [3.63, 3.8) is 0 Å². The number of rotatable bonds is 15. The van der Waals surface area contributed by atoms with Crippen LogP contribution in [0.5, 0.6) is 0 Å². The zero-order chi connectivity index (χ0) is 30.3. The van der Waals surface area contributed by atoms with E-state index in [-0.39, 0.29) is 18.0 Å². The zero-order valence-electron chi connectivity index (χ0n) is 27.2. The van der Waals surface area contributed by atoms with Crippen molar-refractivity contribution in [2.45, 2.75) is 124 Å². The number of ether oxygens (including phenoxy) is 2. The third kappa shape index (κ3) is 8.03. The highest BCUT2D eigenvalue weighted by Gasteiger charge is 2.59. The normalized spacial score (nSPS) is 34.5. The fraction of sp³-hybridized carbons (Fsp3) is 0.833. The lowest BCUT2D eigenvalue weighted by atomic mass is 9.47. The summed E-state index contributed by atoms with van der Waals surface area (Å²) in [4.78, 5) is 23.7. The van der Waals surface area contributed by atoms with Crippen LogP contribution in [0.2, 0.25) is 0 Å². The molecule has 0 spiro atoms. The summed E-state index contributed by atoms with van der Waals surface area (Å²) in [7, 11) is 3.39. The topological polar surface area (TPSA) is 52.6 Å². The van der Waals surface area contributed by atoms with Crippen LogP contribution in [-0.4, -0.2) is 36.2 Å². The van der Waals surface area contributed by atoms with Gasteiger partial charge in [-0.1, -0.05) is 93.7 Å². The first-order chi connectivity index (χ1) is 20.1. The molecule has 0 N–H and O–H groups in total. The average Bonchev–Trinajstić information content (AvgIpc) is 3.31. The summed E-state index contributed by atoms with van der Waals surface area (Å²) >= 11 is 0. The number of carbonyl (C=O) groups is 2. The van der Waals surface area contributed by atoms with Gasteiger partial charge in [-0.25, -0.2) is 4.79 Å². The summed E-state index contributed by atoms with van der Waals surface area (Å²) in [5.41, 5.74) is 2.42. The van der Waals surface area contributed by atoms with Crippen molar-refractivity contribution in [3.05, 3.63) is 24.3 Å². The molecule has 4 rings (SSSR count). The molecule has 238 valence electrons. The molecule has 0 amide bonds. The quantitative estimate of drug-likeness (QED) is 0.0599. The molecule has 8 atom stereocenters. The summed E-state index contributed by atoms with van der Waals surface area (Å²) in [6, 6.07) is 0. The number of esters is 2. The van der Waals surface area contributed by atoms with Gasteiger partial charge in [0, 0.05) is 30.4 Å². The Balaban J connectivity index is 1.23. The van der Waals surface area contributed by atoms with Gasteiger partial charge in [0.1, 0.15) is 12.7 Å². The lowest BCUT2D eigenvalue weighted by Crippen LogP contribution is -2.51. The van der Waals surface area contributed by atoms with Gasteiger partial charge in [-0.05, 0) is 97.7 Å². The SMILES string of the molecule is C=CC(=O)OCCSSCCCC(=O)O[C@H]1CC[C@@]2(C)C(=CCC3C4CCC([C@H](C)CCCC(C)C)[C@@]4(C)CCC32)C1. The molecule has 0 bridgehead atoms. The first-order valence-corrected chi connectivity index (χ1v) is 19.5. The highest BCUT2D eigenvalue weighted by molar-refractivity contribution is 8.76. The lowest BCUT2D eigenvalue weighted by molar-refractivity contribution is -0.151. The summed E-state index contributed by atoms with van der Waals surface area (Å²) < 4.78 is 11.0. The number of carbonyl (C=O) groups excluding carboxylic acids is 2. The van der Waals surface area contributed by atoms with Crippen LogP contribution in [0.3, 0.4) is 0 Å². The Labute approximate surface area is 264 Å². The number of fused-ring (bicyclic) bond motifs is 5. The predicted octanol–water partition coefficient (Wildman–Crippen LogP) is 9.83. The fourth-order valence-electron chi connectivity index (χ4n) is 9.63. The first kappa shape index (κ1) is 34.0. The molecule has 6 heteroatoms. The van der Waals surface area contributed by atoms with E-state index in [9.17, 15) is 9.59 Å². The van der Waals surface area contributed by atoms with Gasteiger partial charge in [0.25, 0.3) is 0 Å². The molecule has 3 fully saturated rings. The number of allylic oxidation sites excluding steroid dienone is 1. The molecule has 0 aromatic rings. The van der Waals surface area contributed by atoms with Crippen LogP contribution in [0.1, 0.15) is 118 Å². The highest BCUT2D eigenvalue weighted by atomic mass is 33.1. The number of hydrogen-bond acceptors (Lipinski definition) is 6. The Kier molecular flexibility index (Phi) is 12.5. The van der Waals surface area contributed by atoms with E-state index >= 15 is 0 Å². The van der Waals surface area contributed by atoms with Crippen LogP contribution in [0.15, 0.2) is 24.3 Å². The molecule has 0 aliphatic heterocycles. The largest absolute Gasteiger partial charge is 0.462 e. The average molecular weight is 619 g/mol. The molecule has 3 saturated carbocycles. The van der Waals surface area contributed by atoms with Gasteiger partial charge in [0.2, 0.25) is 0 Å². The van der Waals surface area contributed by atoms with Gasteiger partial charge in [-0.2, -0.15) is 0 Å². The molecule has 4 aliphatic carbocycles. The smallest absolute Gasteiger partial charge is 0.330 e. The summed E-state index contributed by atoms with van der Waals surface area (Å²) in [6.07, 6.45) is 19.4. The maximum atomic E-state index is 12.6. The maximum absolute atomic E-state index is 12.6. The molecule has 42 heavy (non-hydrogen) atoms. The second kappa shape index (κ2) is 15.4. The minimum Gasteiger partial charge on any atom is -0.462 e. The van der Waals surface area contributed by atoms with Crippen LogP contribution >= 0.6 is 21.6 Å². The van der Waals surface area contributed by atoms with E-state index in [1.54, 1.807) is 27.2 Å². The van der Waals surface area contributed by atoms with Gasteiger partial charge < -0.3 is 9.47 Å². The third-order valence-corrected chi connectivity index (χ3v) is 14.3. The lowest BCUT2D eigenvalue weighted by Gasteiger charge is -2.58. The molecule has 0 aromatic carbocycles. The molecule has 4 unspecified atom stereocenters. The highest BCUT2D eigenvalue weighted by Crippen LogP contribution is 2.67. The Morgan fingerprint density at radius 1 is 1.02 bits per heavy atom. The van der Waals surface area contributed by atoms with E-state index in [0.717, 1.165) is 66.3 Å². The summed E-state index contributed by atoms with van der Waals surface area (Å²) in [5.74, 6) is 6.33. The van der Waals surface area contributed by atoms with Crippen molar-refractivity contribution in [2.24, 2.45) is 46.3 Å². The summed E-state index contributed by atoms with van der Waals surface area (Å²) in [5, 5.41) is 0. The van der Waals surface area contributed by atoms with Gasteiger partial charge in [-0.15, -0.1) is 0 Å². The molecular weight excluding hydrogens is 561 g/mol. The second-order valence-electron chi connectivity index (χ2n) is 14.8. The molecule has 0 radical (unpaired) electrons. The monoisotopic (exact) mass is 618 g/mol. The van der Waals surface area contributed by atoms with Crippen molar-refractivity contribution in [1.82, 2.24) is 0 Å². The van der Waals surface area contributed by atoms with Crippen molar-refractivity contribution in [3.8, 4) is 0 Å². The Morgan fingerprint density at radius 3 is 2.57 bits per heavy atom. The molecule has 4 aliphatic rings. The fourth-order valence-corrected chi connectivity index (χ4v) is 11.5. The van der Waals surface area contributed by atoms with Crippen LogP contribution in [0.4, 0.5) is 0 Å². The van der Waals surface area contributed by atoms with E-state index < -0.39 is 0 Å². The Bertz CT molecular complexity index is 962. The Morgan fingerprint density at radius 2 is 1.81 bits per heavy atom. The van der Waals surface area contributed by atoms with Crippen molar-refractivity contribution >= 4 is 33.5 Å². The van der Waals surface area contributed by atoms with E-state index in [4.69, 9.17) is 9.47 Å². The predicted molar refractivity (Wildman–Crippen MR) is 178 cm³/mol. The van der Waals surface area contributed by atoms with Gasteiger partial charge in [0.15, 0.2) is 0 Å². The third-order valence-electron chi connectivity index (χ3n) is 11.8. The van der Waals surface area contributed by atoms with E-state index in [2.05, 4.69) is 47.3 Å². The molecular formula is C36H58O4S2. The van der Waals surface area contributed by atoms with E-state index in [1.165, 1.54) is 63.9 Å². The molecule has 0 aromatic heterocycles. The minimum absolute atomic E-state index is 0.0450. The van der Waals surface area contributed by atoms with E-state index in [0.29, 0.717) is 23.9 Å². The van der Waals surface area contributed by atoms with E-state index in [1.807, 2.05) is 0 Å². The van der Waals surface area contributed by atoms with Crippen molar-refractivity contribution in [2.75, 3.05) is 18.1 Å². The van der Waals surface area contributed by atoms with Crippen LogP contribution in [0.25, 0.3) is 0 Å². The van der Waals surface area contributed by atoms with Crippen LogP contribution in [-0.2, 0) is 19.1 Å². The minimum atomic E-state index is -0.378. The summed E-state index contributed by atoms with van der Waals surface area (Å²) in [6.45, 7) is 16.3.